The van der Waals surface area contributed by atoms with Crippen LogP contribution >= 0.6 is 0 Å². The number of benzene rings is 2. The van der Waals surface area contributed by atoms with Crippen LogP contribution in [0.2, 0.25) is 0 Å². The van der Waals surface area contributed by atoms with Gasteiger partial charge >= 0.3 is 0 Å². The summed E-state index contributed by atoms with van der Waals surface area (Å²) >= 11 is 0. The number of hydrogen-bond acceptors (Lipinski definition) is 6. The second-order valence-electron chi connectivity index (χ2n) is 6.10. The maximum Gasteiger partial charge on any atom is 0.270 e. The molecule has 1 aromatic heterocycles. The van der Waals surface area contributed by atoms with Gasteiger partial charge in [-0.15, -0.1) is 0 Å². The van der Waals surface area contributed by atoms with Crippen LogP contribution in [0, 0.1) is 22.9 Å². The Bertz CT molecular complexity index is 1150. The summed E-state index contributed by atoms with van der Waals surface area (Å²) in [5.41, 5.74) is 0.625. The standard InChI is InChI=1S/C19H16FN3O5S/c1-13-5-7-16(23(24)25)10-18(13)29(26,27)22-12-14-6-8-19(21-11-14)28-17-4-2-3-15(20)9-17/h2-11,22H,12H2,1H3. The molecule has 8 nitrogen and oxygen atoms in total. The summed E-state index contributed by atoms with van der Waals surface area (Å²) in [5.74, 6) is 0.0637. The molecular weight excluding hydrogens is 401 g/mol. The molecule has 29 heavy (non-hydrogen) atoms. The Morgan fingerprint density at radius 3 is 2.62 bits per heavy atom. The van der Waals surface area contributed by atoms with Crippen LogP contribution in [0.1, 0.15) is 11.1 Å². The second-order valence-corrected chi connectivity index (χ2v) is 7.83. The van der Waals surface area contributed by atoms with Gasteiger partial charge in [-0.1, -0.05) is 18.2 Å². The lowest BCUT2D eigenvalue weighted by Crippen LogP contribution is -2.24. The minimum Gasteiger partial charge on any atom is -0.439 e. The predicted octanol–water partition coefficient (Wildman–Crippen LogP) is 3.71. The summed E-state index contributed by atoms with van der Waals surface area (Å²) in [6, 6.07) is 12.4. The number of halogens is 1. The summed E-state index contributed by atoms with van der Waals surface area (Å²) < 4.78 is 46.1. The number of hydrogen-bond donors (Lipinski definition) is 1. The first kappa shape index (κ1) is 20.4. The van der Waals surface area contributed by atoms with Crippen molar-refractivity contribution >= 4 is 15.7 Å². The minimum absolute atomic E-state index is 0.0717. The maximum atomic E-state index is 13.2. The van der Waals surface area contributed by atoms with Gasteiger partial charge in [-0.25, -0.2) is 22.5 Å². The molecule has 1 N–H and O–H groups in total. The molecule has 0 saturated carbocycles. The smallest absolute Gasteiger partial charge is 0.270 e. The van der Waals surface area contributed by atoms with E-state index in [1.54, 1.807) is 19.1 Å². The fourth-order valence-corrected chi connectivity index (χ4v) is 3.76. The molecule has 3 aromatic rings. The molecule has 150 valence electrons. The SMILES string of the molecule is Cc1ccc([N+](=O)[O-])cc1S(=O)(=O)NCc1ccc(Oc2cccc(F)c2)nc1. The quantitative estimate of drug-likeness (QED) is 0.463. The van der Waals surface area contributed by atoms with Gasteiger partial charge in [-0.2, -0.15) is 0 Å². The third-order valence-electron chi connectivity index (χ3n) is 3.95. The first-order valence-corrected chi connectivity index (χ1v) is 9.86. The zero-order valence-electron chi connectivity index (χ0n) is 15.2. The van der Waals surface area contributed by atoms with Crippen molar-refractivity contribution < 1.29 is 22.5 Å². The van der Waals surface area contributed by atoms with Crippen LogP contribution in [0.4, 0.5) is 10.1 Å². The van der Waals surface area contributed by atoms with Crippen LogP contribution in [-0.4, -0.2) is 18.3 Å². The number of non-ortho nitro benzene ring substituents is 1. The molecule has 2 aromatic carbocycles. The number of ether oxygens (including phenoxy) is 1. The predicted molar refractivity (Wildman–Crippen MR) is 103 cm³/mol. The Labute approximate surface area is 166 Å². The monoisotopic (exact) mass is 417 g/mol. The van der Waals surface area contributed by atoms with E-state index in [0.29, 0.717) is 11.1 Å². The Kier molecular flexibility index (Phi) is 5.85. The molecule has 0 radical (unpaired) electrons. The highest BCUT2D eigenvalue weighted by Gasteiger charge is 2.20. The van der Waals surface area contributed by atoms with Crippen LogP contribution in [-0.2, 0) is 16.6 Å². The van der Waals surface area contributed by atoms with Crippen molar-refractivity contribution in [1.82, 2.24) is 9.71 Å². The van der Waals surface area contributed by atoms with E-state index in [1.807, 2.05) is 0 Å². The van der Waals surface area contributed by atoms with Crippen LogP contribution < -0.4 is 9.46 Å². The van der Waals surface area contributed by atoms with E-state index in [2.05, 4.69) is 9.71 Å². The van der Waals surface area contributed by atoms with E-state index >= 15 is 0 Å². The van der Waals surface area contributed by atoms with E-state index < -0.39 is 20.8 Å². The highest BCUT2D eigenvalue weighted by molar-refractivity contribution is 7.89. The highest BCUT2D eigenvalue weighted by Crippen LogP contribution is 2.22. The van der Waals surface area contributed by atoms with Crippen molar-refractivity contribution in [3.05, 3.63) is 87.9 Å². The van der Waals surface area contributed by atoms with Crippen molar-refractivity contribution in [2.75, 3.05) is 0 Å². The lowest BCUT2D eigenvalue weighted by Gasteiger charge is -2.10. The molecule has 0 unspecified atom stereocenters. The summed E-state index contributed by atoms with van der Waals surface area (Å²) in [6.45, 7) is 1.48. The van der Waals surface area contributed by atoms with Gasteiger partial charge in [0, 0.05) is 37.0 Å². The number of nitrogens with zero attached hydrogens (tertiary/aromatic N) is 2. The normalized spacial score (nSPS) is 11.2. The van der Waals surface area contributed by atoms with Gasteiger partial charge in [0.15, 0.2) is 0 Å². The van der Waals surface area contributed by atoms with Gasteiger partial charge in [0.25, 0.3) is 5.69 Å². The second kappa shape index (κ2) is 8.33. The Hall–Kier alpha value is -3.37. The van der Waals surface area contributed by atoms with Gasteiger partial charge < -0.3 is 4.74 Å². The van der Waals surface area contributed by atoms with E-state index in [-0.39, 0.29) is 28.8 Å². The molecule has 0 aliphatic rings. The fraction of sp³-hybridized carbons (Fsp3) is 0.105. The molecule has 0 spiro atoms. The van der Waals surface area contributed by atoms with Gasteiger partial charge in [0.05, 0.1) is 9.82 Å². The average molecular weight is 417 g/mol. The van der Waals surface area contributed by atoms with Crippen LogP contribution in [0.5, 0.6) is 11.6 Å². The zero-order valence-corrected chi connectivity index (χ0v) is 16.0. The number of aromatic nitrogens is 1. The number of sulfonamides is 1. The molecule has 0 bridgehead atoms. The van der Waals surface area contributed by atoms with Crippen molar-refractivity contribution in [2.24, 2.45) is 0 Å². The molecule has 1 heterocycles. The molecular formula is C19H16FN3O5S. The number of pyridine rings is 1. The summed E-state index contributed by atoms with van der Waals surface area (Å²) in [6.07, 6.45) is 1.41. The average Bonchev–Trinajstić information content (AvgIpc) is 2.67. The Morgan fingerprint density at radius 1 is 1.17 bits per heavy atom. The van der Waals surface area contributed by atoms with Gasteiger partial charge in [0.2, 0.25) is 15.9 Å². The number of rotatable bonds is 7. The van der Waals surface area contributed by atoms with E-state index in [1.165, 1.54) is 42.6 Å². The lowest BCUT2D eigenvalue weighted by atomic mass is 10.2. The van der Waals surface area contributed by atoms with Crippen molar-refractivity contribution in [1.29, 1.82) is 0 Å². The van der Waals surface area contributed by atoms with E-state index in [4.69, 9.17) is 4.74 Å². The molecule has 3 rings (SSSR count). The Morgan fingerprint density at radius 2 is 1.97 bits per heavy atom. The van der Waals surface area contributed by atoms with E-state index in [9.17, 15) is 22.9 Å². The third-order valence-corrected chi connectivity index (χ3v) is 5.50. The number of nitrogens with one attached hydrogen (secondary N) is 1. The summed E-state index contributed by atoms with van der Waals surface area (Å²) in [5, 5.41) is 10.9. The van der Waals surface area contributed by atoms with Crippen molar-refractivity contribution in [2.45, 2.75) is 18.4 Å². The van der Waals surface area contributed by atoms with Crippen LogP contribution in [0.25, 0.3) is 0 Å². The number of nitro benzene ring substituents is 1. The fourth-order valence-electron chi connectivity index (χ4n) is 2.48. The van der Waals surface area contributed by atoms with Crippen molar-refractivity contribution in [3.63, 3.8) is 0 Å². The largest absolute Gasteiger partial charge is 0.439 e. The maximum absolute atomic E-state index is 13.2. The molecule has 0 fully saturated rings. The van der Waals surface area contributed by atoms with Gasteiger partial charge in [0.1, 0.15) is 11.6 Å². The highest BCUT2D eigenvalue weighted by atomic mass is 32.2. The first-order valence-electron chi connectivity index (χ1n) is 8.38. The molecule has 10 heteroatoms. The topological polar surface area (TPSA) is 111 Å². The van der Waals surface area contributed by atoms with Crippen molar-refractivity contribution in [3.8, 4) is 11.6 Å². The molecule has 0 saturated heterocycles. The van der Waals surface area contributed by atoms with Crippen LogP contribution in [0.3, 0.4) is 0 Å². The van der Waals surface area contributed by atoms with E-state index in [0.717, 1.165) is 6.07 Å². The third kappa shape index (κ3) is 5.12. The van der Waals surface area contributed by atoms with Crippen LogP contribution in [0.15, 0.2) is 65.7 Å². The molecule has 0 aliphatic heterocycles. The summed E-state index contributed by atoms with van der Waals surface area (Å²) in [7, 11) is -3.96. The summed E-state index contributed by atoms with van der Waals surface area (Å²) in [4.78, 5) is 14.2. The number of nitro groups is 1. The number of aryl methyl sites for hydroxylation is 1. The lowest BCUT2D eigenvalue weighted by molar-refractivity contribution is -0.385. The van der Waals surface area contributed by atoms with Gasteiger partial charge in [-0.3, -0.25) is 10.1 Å². The first-order chi connectivity index (χ1) is 13.7. The Balaban J connectivity index is 1.69. The molecule has 0 aliphatic carbocycles. The molecule has 0 atom stereocenters. The zero-order chi connectivity index (χ0) is 21.0. The van der Waals surface area contributed by atoms with Gasteiger partial charge in [-0.05, 0) is 30.2 Å². The minimum atomic E-state index is -3.96. The molecule has 0 amide bonds.